The Morgan fingerprint density at radius 1 is 0.672 bits per heavy atom. The molecule has 2 N–H and O–H groups in total. The predicted octanol–water partition coefficient (Wildman–Crippen LogP) is 7.89. The van der Waals surface area contributed by atoms with Crippen molar-refractivity contribution in [1.29, 1.82) is 0 Å². The number of nitrogens with zero attached hydrogens (tertiary/aromatic N) is 4. The van der Waals surface area contributed by atoms with Crippen molar-refractivity contribution in [2.45, 2.75) is 79.6 Å². The van der Waals surface area contributed by atoms with Gasteiger partial charge in [-0.15, -0.1) is 0 Å². The van der Waals surface area contributed by atoms with E-state index < -0.39 is 37.3 Å². The summed E-state index contributed by atoms with van der Waals surface area (Å²) < 4.78 is 15.1. The number of carboxylic acid groups (broad SMARTS) is 1. The maximum Gasteiger partial charge on any atom is 0.315 e. The number of hydrogen-bond donors (Lipinski definition) is 2. The molecule has 6 rings (SSSR count). The number of aliphatic hydroxyl groups is 1. The Morgan fingerprint density at radius 2 is 1.09 bits per heavy atom. The summed E-state index contributed by atoms with van der Waals surface area (Å²) in [5.74, 6) is -0.392. The predicted molar refractivity (Wildman–Crippen MR) is 257 cm³/mol. The summed E-state index contributed by atoms with van der Waals surface area (Å²) in [5.41, 5.74) is 0.498. The third-order valence-corrected chi connectivity index (χ3v) is 16.5. The number of carboxylic acids is 1. The molecule has 0 fully saturated rings. The van der Waals surface area contributed by atoms with E-state index in [2.05, 4.69) is 74.3 Å². The molecule has 0 aliphatic carbocycles. The van der Waals surface area contributed by atoms with Crippen LogP contribution in [0.15, 0.2) is 119 Å². The smallest absolute Gasteiger partial charge is 0.315 e. The summed E-state index contributed by atoms with van der Waals surface area (Å²) >= 11 is 0. The van der Waals surface area contributed by atoms with Gasteiger partial charge < -0.3 is 19.4 Å². The highest BCUT2D eigenvalue weighted by molar-refractivity contribution is 6.99. The molecule has 0 unspecified atom stereocenters. The van der Waals surface area contributed by atoms with E-state index >= 15 is 0 Å². The summed E-state index contributed by atoms with van der Waals surface area (Å²) in [6.45, 7) is 17.0. The number of methoxy groups -OCH3 is 1. The number of aliphatic hydroxyl groups excluding tert-OH is 1. The van der Waals surface area contributed by atoms with Crippen LogP contribution >= 0.6 is 0 Å². The maximum absolute atomic E-state index is 13.5. The van der Waals surface area contributed by atoms with Crippen molar-refractivity contribution in [3.05, 3.63) is 153 Å². The van der Waals surface area contributed by atoms with Crippen LogP contribution in [0.3, 0.4) is 0 Å². The van der Waals surface area contributed by atoms with Gasteiger partial charge in [0.15, 0.2) is 0 Å². The molecule has 0 spiro atoms. The molecule has 0 saturated heterocycles. The van der Waals surface area contributed by atoms with Crippen LogP contribution in [0.1, 0.15) is 97.3 Å². The van der Waals surface area contributed by atoms with Crippen LogP contribution in [0.4, 0.5) is 0 Å². The number of benzene rings is 4. The SMILES string of the molecule is COC(=O)C(C)(C)/C=C/c1ccc2c(=O)n(C)c([C@@H](C)O[Si](c3ccccc3)(c3ccccc3)C(C)(C)C)nc2c1.C[C@@H](O)c1nc2cc(/C=C/C(C)(C)C(=O)O)ccc2c(=O)n1C. The topological polar surface area (TPSA) is 163 Å². The van der Waals surface area contributed by atoms with Crippen molar-refractivity contribution >= 4 is 64.6 Å². The fourth-order valence-corrected chi connectivity index (χ4v) is 12.2. The van der Waals surface area contributed by atoms with Crippen LogP contribution in [0, 0.1) is 10.8 Å². The first-order valence-corrected chi connectivity index (χ1v) is 23.0. The van der Waals surface area contributed by atoms with Gasteiger partial charge in [-0.1, -0.05) is 118 Å². The number of aromatic nitrogens is 4. The third kappa shape index (κ3) is 10.2. The van der Waals surface area contributed by atoms with Crippen LogP contribution in [-0.2, 0) is 32.8 Å². The number of rotatable bonds is 12. The molecule has 4 aromatic carbocycles. The van der Waals surface area contributed by atoms with E-state index in [-0.39, 0.29) is 28.0 Å². The molecule has 2 heterocycles. The van der Waals surface area contributed by atoms with Crippen LogP contribution < -0.4 is 21.5 Å². The Labute approximate surface area is 375 Å². The second kappa shape index (κ2) is 19.2. The van der Waals surface area contributed by atoms with Crippen molar-refractivity contribution in [2.24, 2.45) is 24.9 Å². The van der Waals surface area contributed by atoms with E-state index in [4.69, 9.17) is 19.3 Å². The van der Waals surface area contributed by atoms with Gasteiger partial charge in [-0.3, -0.25) is 28.3 Å². The van der Waals surface area contributed by atoms with Crippen LogP contribution in [0.5, 0.6) is 0 Å². The minimum absolute atomic E-state index is 0.131. The minimum atomic E-state index is -2.87. The fourth-order valence-electron chi connectivity index (χ4n) is 7.58. The first-order valence-electron chi connectivity index (χ1n) is 21.1. The molecular weight excluding hydrogens is 825 g/mol. The van der Waals surface area contributed by atoms with Gasteiger partial charge in [0.2, 0.25) is 0 Å². The fraction of sp³-hybridized carbons (Fsp3) is 0.333. The van der Waals surface area contributed by atoms with Gasteiger partial charge in [-0.05, 0) is 92.3 Å². The Bertz CT molecular complexity index is 2800. The molecule has 0 aliphatic rings. The van der Waals surface area contributed by atoms with E-state index in [0.29, 0.717) is 27.6 Å². The number of fused-ring (bicyclic) bond motifs is 2. The number of aliphatic carboxylic acids is 1. The highest BCUT2D eigenvalue weighted by Crippen LogP contribution is 2.39. The van der Waals surface area contributed by atoms with Crippen molar-refractivity contribution in [3.63, 3.8) is 0 Å². The summed E-state index contributed by atoms with van der Waals surface area (Å²) in [5, 5.41) is 21.9. The molecule has 64 heavy (non-hydrogen) atoms. The Morgan fingerprint density at radius 3 is 1.50 bits per heavy atom. The summed E-state index contributed by atoms with van der Waals surface area (Å²) in [4.78, 5) is 58.4. The highest BCUT2D eigenvalue weighted by Gasteiger charge is 2.51. The van der Waals surface area contributed by atoms with E-state index in [1.54, 1.807) is 95.8 Å². The molecule has 2 aromatic heterocycles. The average Bonchev–Trinajstić information content (AvgIpc) is 3.26. The second-order valence-corrected chi connectivity index (χ2v) is 22.5. The quantitative estimate of drug-likeness (QED) is 0.0913. The largest absolute Gasteiger partial charge is 0.481 e. The van der Waals surface area contributed by atoms with Crippen LogP contribution in [0.2, 0.25) is 5.04 Å². The Balaban J connectivity index is 0.000000283. The number of esters is 1. The highest BCUT2D eigenvalue weighted by atomic mass is 28.4. The molecule has 12 nitrogen and oxygen atoms in total. The lowest BCUT2D eigenvalue weighted by atomic mass is 9.92. The van der Waals surface area contributed by atoms with Gasteiger partial charge in [-0.25, -0.2) is 9.97 Å². The first kappa shape index (κ1) is 48.7. The number of carbonyl (C=O) groups excluding carboxylic acids is 1. The van der Waals surface area contributed by atoms with E-state index in [1.165, 1.54) is 11.7 Å². The van der Waals surface area contributed by atoms with Gasteiger partial charge in [0.1, 0.15) is 23.9 Å². The number of ether oxygens (including phenoxy) is 1. The zero-order chi connectivity index (χ0) is 47.4. The summed E-state index contributed by atoms with van der Waals surface area (Å²) in [6, 6.07) is 31.5. The molecule has 2 atom stereocenters. The zero-order valence-electron chi connectivity index (χ0n) is 38.8. The molecule has 0 radical (unpaired) electrons. The monoisotopic (exact) mass is 884 g/mol. The van der Waals surface area contributed by atoms with Crippen molar-refractivity contribution in [3.8, 4) is 0 Å². The lowest BCUT2D eigenvalue weighted by Crippen LogP contribution is -2.66. The lowest BCUT2D eigenvalue weighted by Gasteiger charge is -2.44. The molecular formula is C51H60N4O8Si. The van der Waals surface area contributed by atoms with Gasteiger partial charge >= 0.3 is 11.9 Å². The van der Waals surface area contributed by atoms with Gasteiger partial charge in [0, 0.05) is 14.1 Å². The standard InChI is InChI=1S/C34H40N2O4Si.C17H20N2O4/c1-24(40-41(33(2,3)4,26-15-11-9-12-16-26)27-17-13-10-14-18-27)30-35-29-23-25(19-20-28(29)31(37)36(30)7)21-22-34(5,6)32(38)39-8;1-10(20)14-18-13-9-11(7-8-17(2,3)16(22)23)5-6-12(13)15(21)19(14)4/h9-24H,1-8H3;5-10,20H,1-4H3,(H,22,23)/b22-21+;8-7+/t24-;10-/m11/s1. The second-order valence-electron chi connectivity index (χ2n) is 18.2. The molecule has 13 heteroatoms. The van der Waals surface area contributed by atoms with Gasteiger partial charge in [0.05, 0.1) is 39.7 Å². The number of hydrogen-bond acceptors (Lipinski definition) is 9. The van der Waals surface area contributed by atoms with E-state index in [0.717, 1.165) is 21.5 Å². The molecule has 0 bridgehead atoms. The summed E-state index contributed by atoms with van der Waals surface area (Å²) in [6.07, 6.45) is 5.61. The number of carbonyl (C=O) groups is 2. The van der Waals surface area contributed by atoms with Gasteiger partial charge in [0.25, 0.3) is 19.4 Å². The first-order chi connectivity index (χ1) is 29.9. The maximum atomic E-state index is 13.5. The van der Waals surface area contributed by atoms with E-state index in [9.17, 15) is 24.3 Å². The van der Waals surface area contributed by atoms with Crippen LogP contribution in [-0.4, -0.2) is 56.7 Å². The molecule has 6 aromatic rings. The van der Waals surface area contributed by atoms with Crippen molar-refractivity contribution in [2.75, 3.05) is 7.11 Å². The normalized spacial score (nSPS) is 13.5. The Hall–Kier alpha value is -6.28. The molecule has 336 valence electrons. The summed E-state index contributed by atoms with van der Waals surface area (Å²) in [7, 11) is 1.83. The van der Waals surface area contributed by atoms with Crippen molar-refractivity contribution in [1.82, 2.24) is 19.1 Å². The Kier molecular flexibility index (Phi) is 14.6. The zero-order valence-corrected chi connectivity index (χ0v) is 39.8. The minimum Gasteiger partial charge on any atom is -0.481 e. The average molecular weight is 885 g/mol. The van der Waals surface area contributed by atoms with Gasteiger partial charge in [-0.2, -0.15) is 0 Å². The lowest BCUT2D eigenvalue weighted by molar-refractivity contribution is -0.148. The molecule has 0 saturated carbocycles. The molecule has 0 amide bonds. The molecule has 0 aliphatic heterocycles. The van der Waals surface area contributed by atoms with Crippen molar-refractivity contribution < 1.29 is 29.0 Å². The van der Waals surface area contributed by atoms with Crippen LogP contribution in [0.25, 0.3) is 34.0 Å². The third-order valence-electron chi connectivity index (χ3n) is 11.4. The van der Waals surface area contributed by atoms with E-state index in [1.807, 2.05) is 37.3 Å².